The number of hydrogen-bond donors (Lipinski definition) is 1. The molecule has 1 aliphatic heterocycles. The molecule has 5 nitrogen and oxygen atoms in total. The van der Waals surface area contributed by atoms with Crippen LogP contribution in [0.15, 0.2) is 29.4 Å². The van der Waals surface area contributed by atoms with Gasteiger partial charge in [0.1, 0.15) is 11.5 Å². The molecule has 0 bridgehead atoms. The first-order chi connectivity index (χ1) is 12.4. The maximum absolute atomic E-state index is 13.1. The molecule has 1 amide bonds. The van der Waals surface area contributed by atoms with E-state index in [1.165, 1.54) is 0 Å². The largest absolute Gasteiger partial charge is 0.461 e. The highest BCUT2D eigenvalue weighted by Crippen LogP contribution is 2.35. The Labute approximate surface area is 145 Å². The first kappa shape index (κ1) is 20.9. The minimum atomic E-state index is -4.90. The molecule has 0 unspecified atom stereocenters. The minimum absolute atomic E-state index is 0.302. The first-order valence-electron chi connectivity index (χ1n) is 7.04. The molecule has 27 heavy (non-hydrogen) atoms. The Morgan fingerprint density at radius 2 is 1.85 bits per heavy atom. The zero-order valence-corrected chi connectivity index (χ0v) is 12.9. The molecule has 0 aromatic heterocycles. The van der Waals surface area contributed by atoms with E-state index in [-0.39, 0.29) is 5.01 Å². The van der Waals surface area contributed by atoms with Gasteiger partial charge in [0.2, 0.25) is 5.72 Å². The van der Waals surface area contributed by atoms with Crippen LogP contribution in [0.5, 0.6) is 5.75 Å². The molecule has 150 valence electrons. The second-order valence-corrected chi connectivity index (χ2v) is 5.36. The van der Waals surface area contributed by atoms with Crippen molar-refractivity contribution in [2.24, 2.45) is 5.10 Å². The molecule has 1 aromatic rings. The molecule has 13 heteroatoms. The summed E-state index contributed by atoms with van der Waals surface area (Å²) in [5.74, 6) is -2.48. The zero-order chi connectivity index (χ0) is 20.6. The van der Waals surface area contributed by atoms with Gasteiger partial charge < -0.3 is 9.84 Å². The van der Waals surface area contributed by atoms with Crippen LogP contribution in [0.3, 0.4) is 0 Å². The third-order valence-electron chi connectivity index (χ3n) is 3.42. The van der Waals surface area contributed by atoms with Crippen LogP contribution >= 0.6 is 0 Å². The van der Waals surface area contributed by atoms with Gasteiger partial charge in [0.15, 0.2) is 0 Å². The number of hydrogen-bond acceptors (Lipinski definition) is 4. The number of carbonyl (C=O) groups excluding carboxylic acids is 1. The van der Waals surface area contributed by atoms with Gasteiger partial charge >= 0.3 is 12.5 Å². The number of benzene rings is 1. The highest BCUT2D eigenvalue weighted by Gasteiger charge is 2.53. The maximum atomic E-state index is 13.1. The summed E-state index contributed by atoms with van der Waals surface area (Å²) in [6, 6.07) is 3.02. The highest BCUT2D eigenvalue weighted by molar-refractivity contribution is 5.99. The second kappa shape index (κ2) is 7.29. The summed E-state index contributed by atoms with van der Waals surface area (Å²) in [4.78, 5) is 12.3. The van der Waals surface area contributed by atoms with Crippen LogP contribution in [0.4, 0.5) is 35.1 Å². The Bertz CT molecular complexity index is 743. The Morgan fingerprint density at radius 1 is 1.22 bits per heavy atom. The monoisotopic (exact) mass is 406 g/mol. The fourth-order valence-corrected chi connectivity index (χ4v) is 2.12. The Balaban J connectivity index is 2.35. The predicted octanol–water partition coefficient (Wildman–Crippen LogP) is 3.34. The van der Waals surface area contributed by atoms with Crippen molar-refractivity contribution in [3.8, 4) is 5.75 Å². The zero-order valence-electron chi connectivity index (χ0n) is 12.9. The topological polar surface area (TPSA) is 62.1 Å². The van der Waals surface area contributed by atoms with Gasteiger partial charge in [-0.3, -0.25) is 4.79 Å². The van der Waals surface area contributed by atoms with Crippen LogP contribution in [-0.4, -0.2) is 52.8 Å². The summed E-state index contributed by atoms with van der Waals surface area (Å²) in [6.45, 7) is 0. The first-order valence-corrected chi connectivity index (χ1v) is 7.04. The van der Waals surface area contributed by atoms with E-state index in [0.29, 0.717) is 6.07 Å². The van der Waals surface area contributed by atoms with Crippen molar-refractivity contribution >= 4 is 11.6 Å². The standard InChI is InChI=1S/C14H10F8N2O3/c15-9(16)8-5-13(26,11(17)18)24(23-8)10(25)6-2-1-3-7(4-6)27-14(21,22)12(19)20/h1-4,9,11-12,26H,5H2/t13-/m1/s1. The summed E-state index contributed by atoms with van der Waals surface area (Å²) in [5.41, 5.74) is -5.27. The number of halogens is 8. The molecule has 1 N–H and O–H groups in total. The SMILES string of the molecule is O=C(c1cccc(OC(F)(F)C(F)F)c1)N1N=C(C(F)F)C[C@@]1(O)C(F)F. The number of ether oxygens (including phenoxy) is 1. The third-order valence-corrected chi connectivity index (χ3v) is 3.42. The molecule has 0 spiro atoms. The molecule has 0 saturated heterocycles. The second-order valence-electron chi connectivity index (χ2n) is 5.36. The average Bonchev–Trinajstić information content (AvgIpc) is 2.93. The minimum Gasteiger partial charge on any atom is -0.428 e. The molecule has 1 heterocycles. The van der Waals surface area contributed by atoms with Crippen LogP contribution < -0.4 is 4.74 Å². The van der Waals surface area contributed by atoms with Crippen LogP contribution in [-0.2, 0) is 0 Å². The van der Waals surface area contributed by atoms with E-state index >= 15 is 0 Å². The lowest BCUT2D eigenvalue weighted by molar-refractivity contribution is -0.253. The molecule has 1 aromatic carbocycles. The summed E-state index contributed by atoms with van der Waals surface area (Å²) < 4.78 is 106. The van der Waals surface area contributed by atoms with Crippen molar-refractivity contribution < 1.29 is 49.8 Å². The van der Waals surface area contributed by atoms with E-state index in [9.17, 15) is 45.0 Å². The van der Waals surface area contributed by atoms with Crippen molar-refractivity contribution in [3.05, 3.63) is 29.8 Å². The number of rotatable bonds is 6. The van der Waals surface area contributed by atoms with Gasteiger partial charge in [-0.15, -0.1) is 0 Å². The van der Waals surface area contributed by atoms with Crippen LogP contribution in [0.2, 0.25) is 0 Å². The number of alkyl halides is 8. The number of amides is 1. The molecule has 0 radical (unpaired) electrons. The Morgan fingerprint density at radius 3 is 2.37 bits per heavy atom. The van der Waals surface area contributed by atoms with Crippen molar-refractivity contribution in [1.82, 2.24) is 5.01 Å². The molecule has 0 saturated carbocycles. The van der Waals surface area contributed by atoms with Crippen molar-refractivity contribution in [3.63, 3.8) is 0 Å². The normalized spacial score (nSPS) is 20.6. The summed E-state index contributed by atoms with van der Waals surface area (Å²) in [7, 11) is 0. The van der Waals surface area contributed by atoms with E-state index in [2.05, 4.69) is 9.84 Å². The lowest BCUT2D eigenvalue weighted by Crippen LogP contribution is -2.51. The molecular formula is C14H10F8N2O3. The Kier molecular flexibility index (Phi) is 5.63. The van der Waals surface area contributed by atoms with Gasteiger partial charge in [0.25, 0.3) is 18.8 Å². The summed E-state index contributed by atoms with van der Waals surface area (Å²) >= 11 is 0. The number of aliphatic hydroxyl groups is 1. The highest BCUT2D eigenvalue weighted by atomic mass is 19.3. The van der Waals surface area contributed by atoms with Gasteiger partial charge in [-0.2, -0.15) is 27.7 Å². The van der Waals surface area contributed by atoms with Gasteiger partial charge in [0.05, 0.1) is 0 Å². The Hall–Kier alpha value is -2.44. The molecule has 0 aliphatic carbocycles. The fraction of sp³-hybridized carbons (Fsp3) is 0.429. The van der Waals surface area contributed by atoms with E-state index < -0.39 is 60.5 Å². The smallest absolute Gasteiger partial charge is 0.428 e. The van der Waals surface area contributed by atoms with Crippen molar-refractivity contribution in [1.29, 1.82) is 0 Å². The number of carbonyl (C=O) groups is 1. The van der Waals surface area contributed by atoms with Crippen LogP contribution in [0.25, 0.3) is 0 Å². The summed E-state index contributed by atoms with van der Waals surface area (Å²) in [6.07, 6.45) is -17.5. The van der Waals surface area contributed by atoms with Gasteiger partial charge in [-0.25, -0.2) is 17.6 Å². The quantitative estimate of drug-likeness (QED) is 0.738. The maximum Gasteiger partial charge on any atom is 0.461 e. The van der Waals surface area contributed by atoms with E-state index in [0.717, 1.165) is 18.2 Å². The predicted molar refractivity (Wildman–Crippen MR) is 73.2 cm³/mol. The van der Waals surface area contributed by atoms with Gasteiger partial charge in [0, 0.05) is 12.0 Å². The average molecular weight is 406 g/mol. The molecule has 0 fully saturated rings. The van der Waals surface area contributed by atoms with Crippen molar-refractivity contribution in [2.75, 3.05) is 0 Å². The molecular weight excluding hydrogens is 396 g/mol. The number of nitrogens with zero attached hydrogens (tertiary/aromatic N) is 2. The van der Waals surface area contributed by atoms with E-state index in [1.807, 2.05) is 0 Å². The fourth-order valence-electron chi connectivity index (χ4n) is 2.12. The van der Waals surface area contributed by atoms with Gasteiger partial charge in [-0.1, -0.05) is 6.07 Å². The van der Waals surface area contributed by atoms with E-state index in [4.69, 9.17) is 0 Å². The molecule has 1 atom stereocenters. The number of hydrazone groups is 1. The van der Waals surface area contributed by atoms with Crippen molar-refractivity contribution in [2.45, 2.75) is 37.5 Å². The third kappa shape index (κ3) is 4.12. The van der Waals surface area contributed by atoms with E-state index in [1.54, 1.807) is 0 Å². The lowest BCUT2D eigenvalue weighted by atomic mass is 10.1. The van der Waals surface area contributed by atoms with Crippen LogP contribution in [0, 0.1) is 0 Å². The van der Waals surface area contributed by atoms with Crippen LogP contribution in [0.1, 0.15) is 16.8 Å². The van der Waals surface area contributed by atoms with Gasteiger partial charge in [-0.05, 0) is 18.2 Å². The molecule has 1 aliphatic rings. The lowest BCUT2D eigenvalue weighted by Gasteiger charge is -2.30. The summed E-state index contributed by atoms with van der Waals surface area (Å²) in [5, 5.41) is 12.5. The molecule has 2 rings (SSSR count).